The van der Waals surface area contributed by atoms with Gasteiger partial charge in [-0.05, 0) is 23.9 Å². The molecule has 1 N–H and O–H groups in total. The van der Waals surface area contributed by atoms with Crippen molar-refractivity contribution < 1.29 is 9.53 Å². The van der Waals surface area contributed by atoms with Crippen molar-refractivity contribution in [2.45, 2.75) is 13.5 Å². The molecule has 0 atom stereocenters. The zero-order chi connectivity index (χ0) is 14.2. The molecule has 0 fully saturated rings. The van der Waals surface area contributed by atoms with Gasteiger partial charge in [-0.2, -0.15) is 0 Å². The van der Waals surface area contributed by atoms with Crippen molar-refractivity contribution >= 4 is 17.4 Å². The van der Waals surface area contributed by atoms with Gasteiger partial charge in [0.1, 0.15) is 6.61 Å². The molecular weight excluding hydrogens is 270 g/mol. The molecule has 2 aromatic rings. The molecule has 0 aliphatic carbocycles. The third-order valence-corrected chi connectivity index (χ3v) is 3.46. The third kappa shape index (κ3) is 4.45. The van der Waals surface area contributed by atoms with E-state index in [9.17, 15) is 4.79 Å². The zero-order valence-electron chi connectivity index (χ0n) is 11.2. The molecule has 3 nitrogen and oxygen atoms in total. The van der Waals surface area contributed by atoms with Gasteiger partial charge < -0.3 is 10.1 Å². The Kier molecular flexibility index (Phi) is 5.22. The molecule has 0 radical (unpaired) electrons. The summed E-state index contributed by atoms with van der Waals surface area (Å²) in [5, 5.41) is 4.60. The average Bonchev–Trinajstić information content (AvgIpc) is 2.88. The predicted molar refractivity (Wildman–Crippen MR) is 80.6 cm³/mol. The van der Waals surface area contributed by atoms with Crippen molar-refractivity contribution in [2.75, 3.05) is 6.54 Å². The summed E-state index contributed by atoms with van der Waals surface area (Å²) in [7, 11) is 0. The molecule has 1 amide bonds. The Hall–Kier alpha value is -2.25. The normalized spacial score (nSPS) is 9.45. The van der Waals surface area contributed by atoms with Crippen molar-refractivity contribution in [3.8, 4) is 11.8 Å². The average molecular weight is 285 g/mol. The molecule has 1 aromatic carbocycles. The van der Waals surface area contributed by atoms with Crippen molar-refractivity contribution in [3.05, 3.63) is 57.8 Å². The Labute approximate surface area is 122 Å². The Balaban J connectivity index is 1.71. The standard InChI is InChI=1S/C16H15NO2S/c1-13-15(9-11-20-13)8-5-10-17-16(18)19-12-14-6-3-2-4-7-14/h2-4,6-7,9,11H,10,12H2,1H3,(H,17,18). The molecule has 1 heterocycles. The van der Waals surface area contributed by atoms with Gasteiger partial charge in [0.05, 0.1) is 6.54 Å². The second-order valence-corrected chi connectivity index (χ2v) is 5.23. The monoisotopic (exact) mass is 285 g/mol. The first-order chi connectivity index (χ1) is 9.75. The molecule has 0 unspecified atom stereocenters. The number of hydrogen-bond donors (Lipinski definition) is 1. The van der Waals surface area contributed by atoms with Gasteiger partial charge >= 0.3 is 6.09 Å². The molecule has 0 spiro atoms. The largest absolute Gasteiger partial charge is 0.445 e. The van der Waals surface area contributed by atoms with Crippen LogP contribution in [-0.2, 0) is 11.3 Å². The van der Waals surface area contributed by atoms with E-state index in [0.717, 1.165) is 11.1 Å². The second kappa shape index (κ2) is 7.37. The van der Waals surface area contributed by atoms with Crippen LogP contribution in [0.1, 0.15) is 16.0 Å². The zero-order valence-corrected chi connectivity index (χ0v) is 12.0. The molecule has 0 aliphatic rings. The minimum absolute atomic E-state index is 0.268. The van der Waals surface area contributed by atoms with E-state index < -0.39 is 6.09 Å². The van der Waals surface area contributed by atoms with Gasteiger partial charge in [-0.15, -0.1) is 11.3 Å². The maximum atomic E-state index is 11.4. The Morgan fingerprint density at radius 2 is 2.10 bits per heavy atom. The molecule has 102 valence electrons. The summed E-state index contributed by atoms with van der Waals surface area (Å²) in [6.07, 6.45) is -0.454. The van der Waals surface area contributed by atoms with Crippen LogP contribution in [0.15, 0.2) is 41.8 Å². The summed E-state index contributed by atoms with van der Waals surface area (Å²) in [5.41, 5.74) is 1.97. The number of aryl methyl sites for hydroxylation is 1. The number of ether oxygens (including phenoxy) is 1. The highest BCUT2D eigenvalue weighted by atomic mass is 32.1. The number of rotatable bonds is 3. The molecule has 0 saturated heterocycles. The number of carbonyl (C=O) groups excluding carboxylic acids is 1. The van der Waals surface area contributed by atoms with Crippen LogP contribution in [0.4, 0.5) is 4.79 Å². The molecule has 0 aliphatic heterocycles. The smallest absolute Gasteiger partial charge is 0.408 e. The van der Waals surface area contributed by atoms with Gasteiger partial charge in [0.15, 0.2) is 0 Å². The van der Waals surface area contributed by atoms with E-state index in [2.05, 4.69) is 17.2 Å². The van der Waals surface area contributed by atoms with Gasteiger partial charge in [-0.3, -0.25) is 0 Å². The van der Waals surface area contributed by atoms with Crippen molar-refractivity contribution in [3.63, 3.8) is 0 Å². The van der Waals surface area contributed by atoms with Gasteiger partial charge in [0.25, 0.3) is 0 Å². The fraction of sp³-hybridized carbons (Fsp3) is 0.188. The van der Waals surface area contributed by atoms with Crippen LogP contribution >= 0.6 is 11.3 Å². The summed E-state index contributed by atoms with van der Waals surface area (Å²) >= 11 is 1.66. The summed E-state index contributed by atoms with van der Waals surface area (Å²) < 4.78 is 5.07. The van der Waals surface area contributed by atoms with Crippen molar-refractivity contribution in [1.29, 1.82) is 0 Å². The maximum absolute atomic E-state index is 11.4. The lowest BCUT2D eigenvalue weighted by molar-refractivity contribution is 0.141. The molecule has 4 heteroatoms. The van der Waals surface area contributed by atoms with E-state index in [1.807, 2.05) is 48.7 Å². The van der Waals surface area contributed by atoms with Crippen LogP contribution in [0.2, 0.25) is 0 Å². The van der Waals surface area contributed by atoms with Crippen LogP contribution in [0.5, 0.6) is 0 Å². The topological polar surface area (TPSA) is 38.3 Å². The molecule has 2 rings (SSSR count). The minimum atomic E-state index is -0.454. The minimum Gasteiger partial charge on any atom is -0.445 e. The summed E-state index contributed by atoms with van der Waals surface area (Å²) in [6.45, 7) is 2.57. The van der Waals surface area contributed by atoms with Gasteiger partial charge in [-0.1, -0.05) is 42.2 Å². The Bertz CT molecular complexity index is 623. The van der Waals surface area contributed by atoms with Gasteiger partial charge in [0.2, 0.25) is 0 Å². The summed E-state index contributed by atoms with van der Waals surface area (Å²) in [6, 6.07) is 11.5. The van der Waals surface area contributed by atoms with E-state index >= 15 is 0 Å². The quantitative estimate of drug-likeness (QED) is 0.878. The van der Waals surface area contributed by atoms with E-state index in [-0.39, 0.29) is 13.2 Å². The van der Waals surface area contributed by atoms with Crippen LogP contribution in [0.25, 0.3) is 0 Å². The number of benzene rings is 1. The number of thiophene rings is 1. The molecule has 1 aromatic heterocycles. The highest BCUT2D eigenvalue weighted by molar-refractivity contribution is 7.10. The van der Waals surface area contributed by atoms with E-state index in [1.165, 1.54) is 4.88 Å². The SMILES string of the molecule is Cc1sccc1C#CCNC(=O)OCc1ccccc1. The number of nitrogens with one attached hydrogen (secondary N) is 1. The molecule has 0 bridgehead atoms. The Morgan fingerprint density at radius 3 is 2.80 bits per heavy atom. The second-order valence-electron chi connectivity index (χ2n) is 4.11. The number of hydrogen-bond acceptors (Lipinski definition) is 3. The van der Waals surface area contributed by atoms with Gasteiger partial charge in [0, 0.05) is 10.4 Å². The van der Waals surface area contributed by atoms with E-state index in [0.29, 0.717) is 0 Å². The van der Waals surface area contributed by atoms with Crippen LogP contribution in [0, 0.1) is 18.8 Å². The number of alkyl carbamates (subject to hydrolysis) is 1. The fourth-order valence-corrected chi connectivity index (χ4v) is 2.20. The van der Waals surface area contributed by atoms with Crippen molar-refractivity contribution in [1.82, 2.24) is 5.32 Å². The first kappa shape index (κ1) is 14.2. The van der Waals surface area contributed by atoms with Gasteiger partial charge in [-0.25, -0.2) is 4.79 Å². The van der Waals surface area contributed by atoms with Crippen molar-refractivity contribution in [2.24, 2.45) is 0 Å². The predicted octanol–water partition coefficient (Wildman–Crippen LogP) is 3.33. The van der Waals surface area contributed by atoms with Crippen LogP contribution in [-0.4, -0.2) is 12.6 Å². The molecular formula is C16H15NO2S. The lowest BCUT2D eigenvalue weighted by Crippen LogP contribution is -2.24. The van der Waals surface area contributed by atoms with E-state index in [1.54, 1.807) is 11.3 Å². The van der Waals surface area contributed by atoms with Crippen LogP contribution < -0.4 is 5.32 Å². The lowest BCUT2D eigenvalue weighted by Gasteiger charge is -2.04. The van der Waals surface area contributed by atoms with Crippen LogP contribution in [0.3, 0.4) is 0 Å². The third-order valence-electron chi connectivity index (χ3n) is 2.62. The molecule has 20 heavy (non-hydrogen) atoms. The van der Waals surface area contributed by atoms with E-state index in [4.69, 9.17) is 4.74 Å². The molecule has 0 saturated carbocycles. The number of amides is 1. The summed E-state index contributed by atoms with van der Waals surface area (Å²) in [4.78, 5) is 12.6. The fourth-order valence-electron chi connectivity index (χ4n) is 1.54. The first-order valence-corrected chi connectivity index (χ1v) is 7.11. The summed E-state index contributed by atoms with van der Waals surface area (Å²) in [5.74, 6) is 5.91. The Morgan fingerprint density at radius 1 is 1.30 bits per heavy atom. The lowest BCUT2D eigenvalue weighted by atomic mass is 10.2. The first-order valence-electron chi connectivity index (χ1n) is 6.23. The highest BCUT2D eigenvalue weighted by Gasteiger charge is 2.00. The highest BCUT2D eigenvalue weighted by Crippen LogP contribution is 2.12. The maximum Gasteiger partial charge on any atom is 0.408 e. The number of carbonyl (C=O) groups is 1.